The predicted octanol–water partition coefficient (Wildman–Crippen LogP) is 2.33. The number of rotatable bonds is 5. The molecule has 0 N–H and O–H groups in total. The third-order valence-corrected chi connectivity index (χ3v) is 3.42. The largest absolute Gasteiger partial charge is 0.356 e. The van der Waals surface area contributed by atoms with Crippen molar-refractivity contribution in [1.29, 1.82) is 0 Å². The first-order valence-electron chi connectivity index (χ1n) is 7.19. The molecule has 0 fully saturated rings. The van der Waals surface area contributed by atoms with E-state index in [-0.39, 0.29) is 5.69 Å². The van der Waals surface area contributed by atoms with Gasteiger partial charge in [-0.15, -0.1) is 0 Å². The summed E-state index contributed by atoms with van der Waals surface area (Å²) in [4.78, 5) is 22.9. The molecule has 0 aliphatic heterocycles. The van der Waals surface area contributed by atoms with Crippen LogP contribution in [0.15, 0.2) is 17.1 Å². The fraction of sp³-hybridized carbons (Fsp3) is 0.533. The van der Waals surface area contributed by atoms with Crippen LogP contribution >= 0.6 is 0 Å². The van der Waals surface area contributed by atoms with Crippen molar-refractivity contribution in [2.24, 2.45) is 0 Å². The minimum atomic E-state index is -0.259. The second kappa shape index (κ2) is 6.03. The molecule has 2 rings (SSSR count). The molecule has 0 aliphatic carbocycles. The first-order chi connectivity index (χ1) is 9.56. The lowest BCUT2D eigenvalue weighted by Gasteiger charge is -2.21. The summed E-state index contributed by atoms with van der Waals surface area (Å²) in [6.07, 6.45) is 3.83. The number of aryl methyl sites for hydroxylation is 2. The molecule has 0 spiro atoms. The van der Waals surface area contributed by atoms with Crippen LogP contribution in [0.25, 0.3) is 5.65 Å². The van der Waals surface area contributed by atoms with Crippen molar-refractivity contribution in [3.8, 4) is 0 Å². The molecule has 5 nitrogen and oxygen atoms in total. The second-order valence-electron chi connectivity index (χ2n) is 5.16. The van der Waals surface area contributed by atoms with Crippen molar-refractivity contribution in [3.63, 3.8) is 0 Å². The molecule has 0 saturated carbocycles. The van der Waals surface area contributed by atoms with Crippen molar-refractivity contribution >= 4 is 11.6 Å². The van der Waals surface area contributed by atoms with Gasteiger partial charge in [0.1, 0.15) is 5.65 Å². The maximum absolute atomic E-state index is 12.2. The molecule has 0 aromatic carbocycles. The molecule has 108 valence electrons. The minimum Gasteiger partial charge on any atom is -0.341 e. The maximum Gasteiger partial charge on any atom is 0.356 e. The lowest BCUT2D eigenvalue weighted by Crippen LogP contribution is -2.31. The van der Waals surface area contributed by atoms with Crippen LogP contribution in [-0.4, -0.2) is 27.5 Å². The fourth-order valence-electron chi connectivity index (χ4n) is 2.24. The molecular weight excluding hydrogens is 252 g/mol. The zero-order chi connectivity index (χ0) is 14.7. The standard InChI is InChI=1S/C15H22N4O/c1-5-7-18(8-6-2)14-16-13-9-11(3)12(4)10-19(13)15(20)17-14/h9-10H,5-8H2,1-4H3. The van der Waals surface area contributed by atoms with E-state index in [2.05, 4.69) is 28.7 Å². The Bertz CT molecular complexity index is 657. The number of anilines is 1. The average molecular weight is 274 g/mol. The van der Waals surface area contributed by atoms with Gasteiger partial charge in [0.25, 0.3) is 0 Å². The van der Waals surface area contributed by atoms with Crippen molar-refractivity contribution in [2.75, 3.05) is 18.0 Å². The van der Waals surface area contributed by atoms with Crippen molar-refractivity contribution < 1.29 is 0 Å². The van der Waals surface area contributed by atoms with Crippen LogP contribution < -0.4 is 10.6 Å². The molecule has 0 saturated heterocycles. The van der Waals surface area contributed by atoms with E-state index in [0.29, 0.717) is 11.6 Å². The van der Waals surface area contributed by atoms with Gasteiger partial charge < -0.3 is 4.90 Å². The SMILES string of the molecule is CCCN(CCC)c1nc(=O)n2cc(C)c(C)cc2n1. The third-order valence-electron chi connectivity index (χ3n) is 3.42. The number of aromatic nitrogens is 3. The summed E-state index contributed by atoms with van der Waals surface area (Å²) in [7, 11) is 0. The zero-order valence-corrected chi connectivity index (χ0v) is 12.7. The Morgan fingerprint density at radius 1 is 1.10 bits per heavy atom. The molecule has 2 aromatic rings. The Balaban J connectivity index is 2.55. The molecule has 0 aliphatic rings. The highest BCUT2D eigenvalue weighted by molar-refractivity contribution is 5.47. The average Bonchev–Trinajstić information content (AvgIpc) is 2.40. The Morgan fingerprint density at radius 3 is 2.35 bits per heavy atom. The van der Waals surface area contributed by atoms with E-state index >= 15 is 0 Å². The van der Waals surface area contributed by atoms with Crippen molar-refractivity contribution in [2.45, 2.75) is 40.5 Å². The zero-order valence-electron chi connectivity index (χ0n) is 12.7. The molecule has 0 unspecified atom stereocenters. The van der Waals surface area contributed by atoms with Gasteiger partial charge in [-0.05, 0) is 43.9 Å². The second-order valence-corrected chi connectivity index (χ2v) is 5.16. The van der Waals surface area contributed by atoms with E-state index in [1.165, 1.54) is 4.40 Å². The van der Waals surface area contributed by atoms with Gasteiger partial charge in [0.05, 0.1) is 0 Å². The summed E-state index contributed by atoms with van der Waals surface area (Å²) in [5, 5.41) is 0. The van der Waals surface area contributed by atoms with Crippen LogP contribution in [0.4, 0.5) is 5.95 Å². The minimum absolute atomic E-state index is 0.259. The Morgan fingerprint density at radius 2 is 1.75 bits per heavy atom. The van der Waals surface area contributed by atoms with Crippen LogP contribution in [0.3, 0.4) is 0 Å². The van der Waals surface area contributed by atoms with Gasteiger partial charge in [0.2, 0.25) is 5.95 Å². The summed E-state index contributed by atoms with van der Waals surface area (Å²) in [6, 6.07) is 1.94. The van der Waals surface area contributed by atoms with E-state index in [1.807, 2.05) is 19.9 Å². The van der Waals surface area contributed by atoms with Gasteiger partial charge in [-0.2, -0.15) is 9.97 Å². The van der Waals surface area contributed by atoms with Crippen LogP contribution in [0.1, 0.15) is 37.8 Å². The van der Waals surface area contributed by atoms with Crippen molar-refractivity contribution in [1.82, 2.24) is 14.4 Å². The summed E-state index contributed by atoms with van der Waals surface area (Å²) >= 11 is 0. The Kier molecular flexibility index (Phi) is 4.37. The van der Waals surface area contributed by atoms with E-state index in [4.69, 9.17) is 0 Å². The summed E-state index contributed by atoms with van der Waals surface area (Å²) in [5.74, 6) is 0.543. The van der Waals surface area contributed by atoms with Gasteiger partial charge in [-0.1, -0.05) is 13.8 Å². The number of pyridine rings is 1. The molecule has 0 atom stereocenters. The quantitative estimate of drug-likeness (QED) is 0.839. The van der Waals surface area contributed by atoms with Crippen LogP contribution in [0, 0.1) is 13.8 Å². The molecule has 2 aromatic heterocycles. The van der Waals surface area contributed by atoms with E-state index < -0.39 is 0 Å². The first kappa shape index (κ1) is 14.5. The fourth-order valence-corrected chi connectivity index (χ4v) is 2.24. The van der Waals surface area contributed by atoms with Gasteiger partial charge in [-0.3, -0.25) is 4.40 Å². The molecule has 5 heteroatoms. The van der Waals surface area contributed by atoms with Crippen LogP contribution in [0.5, 0.6) is 0 Å². The highest BCUT2D eigenvalue weighted by Gasteiger charge is 2.11. The summed E-state index contributed by atoms with van der Waals surface area (Å²) in [6.45, 7) is 9.98. The first-order valence-corrected chi connectivity index (χ1v) is 7.19. The predicted molar refractivity (Wildman–Crippen MR) is 81.5 cm³/mol. The van der Waals surface area contributed by atoms with Crippen LogP contribution in [0.2, 0.25) is 0 Å². The van der Waals surface area contributed by atoms with Gasteiger partial charge >= 0.3 is 5.69 Å². The third kappa shape index (κ3) is 2.81. The lowest BCUT2D eigenvalue weighted by molar-refractivity contribution is 0.713. The van der Waals surface area contributed by atoms with Crippen molar-refractivity contribution in [3.05, 3.63) is 33.9 Å². The lowest BCUT2D eigenvalue weighted by atomic mass is 10.2. The number of fused-ring (bicyclic) bond motifs is 1. The van der Waals surface area contributed by atoms with E-state index in [1.54, 1.807) is 6.20 Å². The number of hydrogen-bond acceptors (Lipinski definition) is 4. The number of hydrogen-bond donors (Lipinski definition) is 0. The number of nitrogens with zero attached hydrogens (tertiary/aromatic N) is 4. The van der Waals surface area contributed by atoms with Gasteiger partial charge in [0.15, 0.2) is 0 Å². The Labute approximate surface area is 119 Å². The molecular formula is C15H22N4O. The Hall–Kier alpha value is -1.91. The van der Waals surface area contributed by atoms with E-state index in [9.17, 15) is 4.79 Å². The topological polar surface area (TPSA) is 50.5 Å². The molecule has 0 amide bonds. The summed E-state index contributed by atoms with van der Waals surface area (Å²) in [5.41, 5.74) is 2.60. The highest BCUT2D eigenvalue weighted by Crippen LogP contribution is 2.12. The molecule has 20 heavy (non-hydrogen) atoms. The van der Waals surface area contributed by atoms with E-state index in [0.717, 1.165) is 37.1 Å². The normalized spacial score (nSPS) is 11.0. The maximum atomic E-state index is 12.2. The van der Waals surface area contributed by atoms with Gasteiger partial charge in [0, 0.05) is 19.3 Å². The molecule has 0 radical (unpaired) electrons. The smallest absolute Gasteiger partial charge is 0.341 e. The van der Waals surface area contributed by atoms with Crippen LogP contribution in [-0.2, 0) is 0 Å². The molecule has 2 heterocycles. The molecule has 0 bridgehead atoms. The monoisotopic (exact) mass is 274 g/mol. The summed E-state index contributed by atoms with van der Waals surface area (Å²) < 4.78 is 1.52. The highest BCUT2D eigenvalue weighted by atomic mass is 16.1. The van der Waals surface area contributed by atoms with Gasteiger partial charge in [-0.25, -0.2) is 4.79 Å².